The van der Waals surface area contributed by atoms with Crippen LogP contribution in [0.15, 0.2) is 53.5 Å². The molecule has 1 fully saturated rings. The van der Waals surface area contributed by atoms with Crippen molar-refractivity contribution in [2.75, 3.05) is 32.5 Å². The highest BCUT2D eigenvalue weighted by Crippen LogP contribution is 2.32. The smallest absolute Gasteiger partial charge is 0.242 e. The molecule has 1 aliphatic heterocycles. The molecule has 2 N–H and O–H groups in total. The lowest BCUT2D eigenvalue weighted by Gasteiger charge is -2.17. The van der Waals surface area contributed by atoms with Gasteiger partial charge in [-0.2, -0.15) is 0 Å². The molecule has 2 aromatic rings. The number of amides is 2. The van der Waals surface area contributed by atoms with E-state index in [1.54, 1.807) is 4.90 Å². The van der Waals surface area contributed by atoms with Gasteiger partial charge in [0.15, 0.2) is 5.17 Å². The van der Waals surface area contributed by atoms with Gasteiger partial charge in [-0.15, -0.1) is 0 Å². The van der Waals surface area contributed by atoms with Crippen LogP contribution >= 0.6 is 11.8 Å². The van der Waals surface area contributed by atoms with Crippen LogP contribution in [0.1, 0.15) is 17.5 Å². The summed E-state index contributed by atoms with van der Waals surface area (Å²) in [6.45, 7) is 5.46. The van der Waals surface area contributed by atoms with E-state index in [9.17, 15) is 9.59 Å². The van der Waals surface area contributed by atoms with Gasteiger partial charge in [-0.05, 0) is 49.2 Å². The van der Waals surface area contributed by atoms with Gasteiger partial charge in [0, 0.05) is 12.1 Å². The zero-order valence-corrected chi connectivity index (χ0v) is 18.8. The molecule has 6 nitrogen and oxygen atoms in total. The van der Waals surface area contributed by atoms with Crippen LogP contribution in [0.4, 0.5) is 11.4 Å². The molecule has 3 rings (SSSR count). The maximum Gasteiger partial charge on any atom is 0.242 e. The Hall–Kier alpha value is -2.64. The molecule has 0 radical (unpaired) electrons. The average molecular weight is 426 g/mol. The summed E-state index contributed by atoms with van der Waals surface area (Å²) in [6.07, 6.45) is 0.121. The second kappa shape index (κ2) is 9.91. The number of anilines is 1. The normalized spacial score (nSPS) is 17.8. The first-order valence-corrected chi connectivity index (χ1v) is 11.0. The van der Waals surface area contributed by atoms with Gasteiger partial charge in [-0.25, -0.2) is 4.99 Å². The standard InChI is InChI=1S/C23H28N4O2S/c1-16-12-17(2)14-19(13-16)25-23-27(11-10-26(3)4)22(29)20(30-23)15-21(28)24-18-8-6-5-7-9-18/h5-9,12-14,20H,10-11,15H2,1-4H3,(H,24,28)/p+1/t20-/m1/s1. The van der Waals surface area contributed by atoms with Crippen LogP contribution in [-0.2, 0) is 9.59 Å². The molecule has 7 heteroatoms. The molecule has 1 saturated heterocycles. The number of amidine groups is 1. The highest BCUT2D eigenvalue weighted by atomic mass is 32.2. The fourth-order valence-electron chi connectivity index (χ4n) is 3.29. The molecule has 30 heavy (non-hydrogen) atoms. The highest BCUT2D eigenvalue weighted by molar-refractivity contribution is 8.15. The van der Waals surface area contributed by atoms with Gasteiger partial charge in [-0.1, -0.05) is 36.0 Å². The molecule has 158 valence electrons. The van der Waals surface area contributed by atoms with Gasteiger partial charge < -0.3 is 10.2 Å². The van der Waals surface area contributed by atoms with E-state index in [0.29, 0.717) is 11.7 Å². The lowest BCUT2D eigenvalue weighted by Crippen LogP contribution is -3.06. The number of para-hydroxylation sites is 1. The number of hydrogen-bond acceptors (Lipinski definition) is 4. The van der Waals surface area contributed by atoms with Crippen molar-refractivity contribution in [1.82, 2.24) is 4.90 Å². The topological polar surface area (TPSA) is 66.2 Å². The third-order valence-electron chi connectivity index (χ3n) is 4.71. The minimum Gasteiger partial charge on any atom is -0.338 e. The fourth-order valence-corrected chi connectivity index (χ4v) is 4.48. The molecule has 1 heterocycles. The molecule has 2 aromatic carbocycles. The minimum absolute atomic E-state index is 0.0485. The van der Waals surface area contributed by atoms with Crippen LogP contribution in [0.3, 0.4) is 0 Å². The van der Waals surface area contributed by atoms with Crippen LogP contribution in [0, 0.1) is 13.8 Å². The average Bonchev–Trinajstić information content (AvgIpc) is 2.94. The molecule has 1 atom stereocenters. The monoisotopic (exact) mass is 425 g/mol. The Kier molecular flexibility index (Phi) is 7.29. The van der Waals surface area contributed by atoms with Crippen molar-refractivity contribution < 1.29 is 14.5 Å². The van der Waals surface area contributed by atoms with Crippen molar-refractivity contribution in [3.8, 4) is 0 Å². The van der Waals surface area contributed by atoms with Crippen LogP contribution in [0.25, 0.3) is 0 Å². The van der Waals surface area contributed by atoms with Crippen molar-refractivity contribution in [2.24, 2.45) is 4.99 Å². The fraction of sp³-hybridized carbons (Fsp3) is 0.348. The maximum atomic E-state index is 13.1. The SMILES string of the molecule is Cc1cc(C)cc(N=C2S[C@H](CC(=O)Nc3ccccc3)C(=O)N2CC[NH+](C)C)c1. The second-order valence-electron chi connectivity index (χ2n) is 7.91. The molecular weight excluding hydrogens is 396 g/mol. The van der Waals surface area contributed by atoms with Crippen LogP contribution < -0.4 is 10.2 Å². The number of thioether (sulfide) groups is 1. The molecule has 0 unspecified atom stereocenters. The summed E-state index contributed by atoms with van der Waals surface area (Å²) in [6, 6.07) is 15.4. The number of nitrogens with one attached hydrogen (secondary N) is 2. The lowest BCUT2D eigenvalue weighted by atomic mass is 10.1. The van der Waals surface area contributed by atoms with Crippen LogP contribution in [0.5, 0.6) is 0 Å². The predicted octanol–water partition coefficient (Wildman–Crippen LogP) is 2.41. The first kappa shape index (κ1) is 22.1. The van der Waals surface area contributed by atoms with Crippen molar-refractivity contribution >= 4 is 40.1 Å². The summed E-state index contributed by atoms with van der Waals surface area (Å²) >= 11 is 1.38. The number of likely N-dealkylation sites (N-methyl/N-ethyl adjacent to an activating group) is 1. The quantitative estimate of drug-likeness (QED) is 0.716. The molecule has 2 amide bonds. The first-order chi connectivity index (χ1) is 14.3. The Labute approximate surface area is 182 Å². The van der Waals surface area contributed by atoms with E-state index in [2.05, 4.69) is 25.5 Å². The van der Waals surface area contributed by atoms with E-state index in [1.807, 2.05) is 56.3 Å². The Balaban J connectivity index is 1.78. The lowest BCUT2D eigenvalue weighted by molar-refractivity contribution is -0.857. The predicted molar refractivity (Wildman–Crippen MR) is 123 cm³/mol. The number of quaternary nitrogens is 1. The molecule has 0 aliphatic carbocycles. The van der Waals surface area contributed by atoms with Crippen molar-refractivity contribution in [3.05, 3.63) is 59.7 Å². The van der Waals surface area contributed by atoms with Gasteiger partial charge in [-0.3, -0.25) is 14.5 Å². The van der Waals surface area contributed by atoms with Crippen molar-refractivity contribution in [3.63, 3.8) is 0 Å². The third-order valence-corrected chi connectivity index (χ3v) is 5.89. The van der Waals surface area contributed by atoms with Gasteiger partial charge in [0.2, 0.25) is 11.8 Å². The molecule has 0 saturated carbocycles. The summed E-state index contributed by atoms with van der Waals surface area (Å²) in [5.41, 5.74) is 3.83. The number of hydrogen-bond donors (Lipinski definition) is 2. The van der Waals surface area contributed by atoms with Crippen molar-refractivity contribution in [1.29, 1.82) is 0 Å². The Bertz CT molecular complexity index is 923. The largest absolute Gasteiger partial charge is 0.338 e. The summed E-state index contributed by atoms with van der Waals surface area (Å²) in [7, 11) is 4.11. The number of carbonyl (C=O) groups excluding carboxylic acids is 2. The highest BCUT2D eigenvalue weighted by Gasteiger charge is 2.39. The Morgan fingerprint density at radius 2 is 1.80 bits per heavy atom. The van der Waals surface area contributed by atoms with Gasteiger partial charge >= 0.3 is 0 Å². The summed E-state index contributed by atoms with van der Waals surface area (Å²) in [4.78, 5) is 33.3. The summed E-state index contributed by atoms with van der Waals surface area (Å²) in [5, 5.41) is 3.07. The van der Waals surface area contributed by atoms with Gasteiger partial charge in [0.25, 0.3) is 0 Å². The number of carbonyl (C=O) groups is 2. The number of aliphatic imine (C=N–C) groups is 1. The maximum absolute atomic E-state index is 13.1. The second-order valence-corrected chi connectivity index (χ2v) is 9.08. The minimum atomic E-state index is -0.462. The van der Waals surface area contributed by atoms with E-state index in [-0.39, 0.29) is 18.2 Å². The summed E-state index contributed by atoms with van der Waals surface area (Å²) < 4.78 is 0. The van der Waals surface area contributed by atoms with E-state index < -0.39 is 5.25 Å². The first-order valence-electron chi connectivity index (χ1n) is 10.1. The van der Waals surface area contributed by atoms with Gasteiger partial charge in [0.1, 0.15) is 5.25 Å². The van der Waals surface area contributed by atoms with E-state index in [0.717, 1.165) is 29.0 Å². The van der Waals surface area contributed by atoms with E-state index in [1.165, 1.54) is 16.7 Å². The number of nitrogens with zero attached hydrogens (tertiary/aromatic N) is 2. The van der Waals surface area contributed by atoms with E-state index in [4.69, 9.17) is 4.99 Å². The zero-order valence-electron chi connectivity index (χ0n) is 17.9. The molecule has 0 aromatic heterocycles. The zero-order chi connectivity index (χ0) is 21.7. The Morgan fingerprint density at radius 3 is 2.43 bits per heavy atom. The molecular formula is C23H29N4O2S+. The molecule has 1 aliphatic rings. The van der Waals surface area contributed by atoms with Crippen LogP contribution in [-0.4, -0.2) is 54.3 Å². The van der Waals surface area contributed by atoms with E-state index >= 15 is 0 Å². The number of aryl methyl sites for hydroxylation is 2. The molecule has 0 bridgehead atoms. The third kappa shape index (κ3) is 5.93. The van der Waals surface area contributed by atoms with Crippen LogP contribution in [0.2, 0.25) is 0 Å². The van der Waals surface area contributed by atoms with Gasteiger partial charge in [0.05, 0.1) is 32.9 Å². The number of rotatable bonds is 7. The van der Waals surface area contributed by atoms with Crippen molar-refractivity contribution in [2.45, 2.75) is 25.5 Å². The summed E-state index contributed by atoms with van der Waals surface area (Å²) in [5.74, 6) is -0.217. The molecule has 0 spiro atoms. The number of benzene rings is 2. The Morgan fingerprint density at radius 1 is 1.13 bits per heavy atom.